The minimum absolute atomic E-state index is 0.808. The summed E-state index contributed by atoms with van der Waals surface area (Å²) in [5, 5.41) is 4.35. The van der Waals surface area contributed by atoms with Crippen LogP contribution in [0.25, 0.3) is 21.3 Å². The van der Waals surface area contributed by atoms with Crippen molar-refractivity contribution in [2.45, 2.75) is 0 Å². The normalized spacial score (nSPS) is 10.7. The molecular formula is C17H12N4S. The predicted octanol–water partition coefficient (Wildman–Crippen LogP) is 4.50. The molecule has 106 valence electrons. The first-order valence-electron chi connectivity index (χ1n) is 6.86. The zero-order valence-corrected chi connectivity index (χ0v) is 12.4. The second kappa shape index (κ2) is 5.54. The quantitative estimate of drug-likeness (QED) is 0.605. The third kappa shape index (κ3) is 2.42. The van der Waals surface area contributed by atoms with Gasteiger partial charge in [0.15, 0.2) is 0 Å². The molecule has 4 nitrogen and oxygen atoms in total. The fraction of sp³-hybridized carbons (Fsp3) is 0. The number of anilines is 2. The number of hydrogen-bond acceptors (Lipinski definition) is 5. The number of nitrogens with zero attached hydrogens (tertiary/aromatic N) is 3. The molecule has 0 amide bonds. The summed E-state index contributed by atoms with van der Waals surface area (Å²) in [6.07, 6.45) is 3.46. The van der Waals surface area contributed by atoms with Crippen LogP contribution in [0.15, 0.2) is 66.6 Å². The van der Waals surface area contributed by atoms with Crippen molar-refractivity contribution in [2.24, 2.45) is 0 Å². The maximum atomic E-state index is 4.39. The van der Waals surface area contributed by atoms with Crippen LogP contribution in [0, 0.1) is 0 Å². The highest BCUT2D eigenvalue weighted by atomic mass is 32.1. The molecule has 4 rings (SSSR count). The van der Waals surface area contributed by atoms with Crippen LogP contribution in [0.5, 0.6) is 0 Å². The molecule has 0 bridgehead atoms. The van der Waals surface area contributed by atoms with Gasteiger partial charge in [0.05, 0.1) is 15.9 Å². The van der Waals surface area contributed by atoms with Crippen molar-refractivity contribution in [1.29, 1.82) is 0 Å². The van der Waals surface area contributed by atoms with Crippen LogP contribution >= 0.6 is 11.3 Å². The zero-order chi connectivity index (χ0) is 14.8. The Morgan fingerprint density at radius 3 is 2.68 bits per heavy atom. The Bertz CT molecular complexity index is 905. The van der Waals surface area contributed by atoms with Crippen molar-refractivity contribution in [3.05, 3.63) is 66.6 Å². The number of hydrogen-bond donors (Lipinski definition) is 1. The first-order valence-corrected chi connectivity index (χ1v) is 7.74. The first kappa shape index (κ1) is 12.9. The number of benzene rings is 2. The van der Waals surface area contributed by atoms with E-state index >= 15 is 0 Å². The number of fused-ring (bicyclic) bond motifs is 1. The molecule has 2 aromatic heterocycles. The molecule has 0 aliphatic rings. The Morgan fingerprint density at radius 1 is 0.955 bits per heavy atom. The van der Waals surface area contributed by atoms with Crippen molar-refractivity contribution in [3.8, 4) is 10.4 Å². The Hall–Kier alpha value is -2.79. The van der Waals surface area contributed by atoms with E-state index in [-0.39, 0.29) is 0 Å². The molecule has 0 fully saturated rings. The average molecular weight is 304 g/mol. The molecule has 0 radical (unpaired) electrons. The van der Waals surface area contributed by atoms with Crippen molar-refractivity contribution in [2.75, 3.05) is 5.32 Å². The van der Waals surface area contributed by atoms with Crippen LogP contribution in [0.4, 0.5) is 11.5 Å². The van der Waals surface area contributed by atoms with Gasteiger partial charge in [0, 0.05) is 17.3 Å². The van der Waals surface area contributed by atoms with Crippen LogP contribution in [0.1, 0.15) is 0 Å². The van der Waals surface area contributed by atoms with Crippen molar-refractivity contribution >= 4 is 33.7 Å². The molecule has 1 N–H and O–H groups in total. The monoisotopic (exact) mass is 304 g/mol. The molecule has 0 aliphatic heterocycles. The molecule has 4 aromatic rings. The van der Waals surface area contributed by atoms with Gasteiger partial charge in [-0.3, -0.25) is 4.98 Å². The topological polar surface area (TPSA) is 50.7 Å². The van der Waals surface area contributed by atoms with Crippen LogP contribution in [0.3, 0.4) is 0 Å². The minimum Gasteiger partial charge on any atom is -0.340 e. The summed E-state index contributed by atoms with van der Waals surface area (Å²) >= 11 is 1.62. The van der Waals surface area contributed by atoms with Gasteiger partial charge >= 0.3 is 0 Å². The van der Waals surface area contributed by atoms with Gasteiger partial charge < -0.3 is 5.32 Å². The maximum Gasteiger partial charge on any atom is 0.141 e. The van der Waals surface area contributed by atoms with Crippen LogP contribution < -0.4 is 5.32 Å². The van der Waals surface area contributed by atoms with Crippen LogP contribution in [-0.2, 0) is 0 Å². The molecule has 0 unspecified atom stereocenters. The second-order valence-corrected chi connectivity index (χ2v) is 5.70. The lowest BCUT2D eigenvalue weighted by Gasteiger charge is -2.09. The third-order valence-electron chi connectivity index (χ3n) is 3.39. The molecular weight excluding hydrogens is 292 g/mol. The highest BCUT2D eigenvalue weighted by Crippen LogP contribution is 2.29. The van der Waals surface area contributed by atoms with Crippen molar-refractivity contribution in [1.82, 2.24) is 15.0 Å². The van der Waals surface area contributed by atoms with E-state index in [9.17, 15) is 0 Å². The Labute approximate surface area is 131 Å². The summed E-state index contributed by atoms with van der Waals surface area (Å²) in [6.45, 7) is 0. The molecule has 5 heteroatoms. The van der Waals surface area contributed by atoms with E-state index in [1.807, 2.05) is 48.1 Å². The second-order valence-electron chi connectivity index (χ2n) is 4.81. The molecule has 0 saturated carbocycles. The Balaban J connectivity index is 1.82. The lowest BCUT2D eigenvalue weighted by Crippen LogP contribution is -1.95. The fourth-order valence-corrected chi connectivity index (χ4v) is 2.95. The van der Waals surface area contributed by atoms with E-state index in [0.29, 0.717) is 0 Å². The van der Waals surface area contributed by atoms with Crippen LogP contribution in [-0.4, -0.2) is 15.0 Å². The summed E-state index contributed by atoms with van der Waals surface area (Å²) in [7, 11) is 0. The van der Waals surface area contributed by atoms with E-state index in [1.54, 1.807) is 17.7 Å². The minimum atomic E-state index is 0.808. The van der Waals surface area contributed by atoms with Crippen molar-refractivity contribution in [3.63, 3.8) is 0 Å². The number of thiazole rings is 1. The van der Waals surface area contributed by atoms with Gasteiger partial charge in [-0.15, -0.1) is 11.3 Å². The summed E-state index contributed by atoms with van der Waals surface area (Å²) in [6, 6.07) is 16.2. The van der Waals surface area contributed by atoms with Crippen molar-refractivity contribution < 1.29 is 0 Å². The van der Waals surface area contributed by atoms with E-state index < -0.39 is 0 Å². The van der Waals surface area contributed by atoms with Crippen LogP contribution in [0.2, 0.25) is 0 Å². The van der Waals surface area contributed by atoms with E-state index in [2.05, 4.69) is 32.4 Å². The molecule has 0 atom stereocenters. The molecule has 0 saturated heterocycles. The smallest absolute Gasteiger partial charge is 0.141 e. The number of para-hydroxylation sites is 1. The summed E-state index contributed by atoms with van der Waals surface area (Å²) < 4.78 is 0. The van der Waals surface area contributed by atoms with Gasteiger partial charge in [-0.1, -0.05) is 24.3 Å². The Kier molecular flexibility index (Phi) is 3.25. The SMILES string of the molecule is c1ccc(Nc2ncnc3ccc(-c4cncs4)cc23)cc1. The van der Waals surface area contributed by atoms with Gasteiger partial charge in [0.25, 0.3) is 0 Å². The number of nitrogens with one attached hydrogen (secondary N) is 1. The highest BCUT2D eigenvalue weighted by Gasteiger charge is 2.07. The molecule has 0 aliphatic carbocycles. The van der Waals surface area contributed by atoms with Gasteiger partial charge in [-0.25, -0.2) is 9.97 Å². The van der Waals surface area contributed by atoms with E-state index in [1.165, 1.54) is 0 Å². The molecule has 2 heterocycles. The number of aromatic nitrogens is 3. The summed E-state index contributed by atoms with van der Waals surface area (Å²) in [5.74, 6) is 0.808. The van der Waals surface area contributed by atoms with Gasteiger partial charge in [0.1, 0.15) is 12.1 Å². The highest BCUT2D eigenvalue weighted by molar-refractivity contribution is 7.13. The van der Waals surface area contributed by atoms with Gasteiger partial charge in [-0.05, 0) is 29.8 Å². The molecule has 2 aromatic carbocycles. The molecule has 22 heavy (non-hydrogen) atoms. The molecule has 0 spiro atoms. The first-order chi connectivity index (χ1) is 10.9. The maximum absolute atomic E-state index is 4.39. The van der Waals surface area contributed by atoms with Gasteiger partial charge in [0.2, 0.25) is 0 Å². The largest absolute Gasteiger partial charge is 0.340 e. The average Bonchev–Trinajstić information content (AvgIpc) is 3.10. The summed E-state index contributed by atoms with van der Waals surface area (Å²) in [4.78, 5) is 14.0. The fourth-order valence-electron chi connectivity index (χ4n) is 2.33. The standard InChI is InChI=1S/C17H12N4S/c1-2-4-13(5-3-1)21-17-14-8-12(16-9-18-11-22-16)6-7-15(14)19-10-20-17/h1-11H,(H,19,20,21). The van der Waals surface area contributed by atoms with Gasteiger partial charge in [-0.2, -0.15) is 0 Å². The Morgan fingerprint density at radius 2 is 1.86 bits per heavy atom. The van der Waals surface area contributed by atoms with E-state index in [4.69, 9.17) is 0 Å². The van der Waals surface area contributed by atoms with E-state index in [0.717, 1.165) is 32.8 Å². The lowest BCUT2D eigenvalue weighted by molar-refractivity contribution is 1.22. The summed E-state index contributed by atoms with van der Waals surface area (Å²) in [5.41, 5.74) is 4.89. The lowest BCUT2D eigenvalue weighted by atomic mass is 10.1. The zero-order valence-electron chi connectivity index (χ0n) is 11.6. The number of rotatable bonds is 3. The predicted molar refractivity (Wildman–Crippen MR) is 90.4 cm³/mol. The third-order valence-corrected chi connectivity index (χ3v) is 4.21.